The van der Waals surface area contributed by atoms with Gasteiger partial charge in [0.05, 0.1) is 16.0 Å². The fraction of sp³-hybridized carbons (Fsp3) is 0.0200. The van der Waals surface area contributed by atoms with Gasteiger partial charge in [0.15, 0.2) is 11.3 Å². The monoisotopic (exact) mass is 1990 g/mol. The van der Waals surface area contributed by atoms with E-state index in [1.807, 2.05) is 145 Å². The Kier molecular flexibility index (Phi) is 32.0. The van der Waals surface area contributed by atoms with Crippen LogP contribution in [0, 0.1) is 3.57 Å². The summed E-state index contributed by atoms with van der Waals surface area (Å²) in [6.07, 6.45) is 13.5. The van der Waals surface area contributed by atoms with Crippen LogP contribution >= 0.6 is 81.0 Å². The molecule has 19 aromatic rings. The Balaban J connectivity index is 0.000000127. The molecule has 6 aromatic heterocycles. The van der Waals surface area contributed by atoms with Gasteiger partial charge in [-0.1, -0.05) is 369 Å². The van der Waals surface area contributed by atoms with Crippen molar-refractivity contribution >= 4 is 168 Å². The first-order valence-corrected chi connectivity index (χ1v) is 51.4. The molecule has 0 fully saturated rings. The first kappa shape index (κ1) is 90.3. The molecule has 14 nitrogen and oxygen atoms in total. The van der Waals surface area contributed by atoms with Crippen molar-refractivity contribution in [3.63, 3.8) is 0 Å². The number of halogens is 3. The predicted octanol–water partition coefficient (Wildman–Crippen LogP) is 20.5. The van der Waals surface area contributed by atoms with Crippen molar-refractivity contribution < 1.29 is 42.8 Å². The van der Waals surface area contributed by atoms with E-state index in [1.165, 1.54) is 46.0 Å². The number of aromatic nitrogens is 8. The molecule has 0 radical (unpaired) electrons. The Labute approximate surface area is 769 Å². The molecule has 0 atom stereocenters. The topological polar surface area (TPSA) is 180 Å². The third-order valence-electron chi connectivity index (χ3n) is 19.6. The maximum absolute atomic E-state index is 13.4. The zero-order chi connectivity index (χ0) is 86.8. The number of pyridine rings is 2. The minimum atomic E-state index is -3.80. The fourth-order valence-corrected chi connectivity index (χ4v) is 23.8. The maximum Gasteiger partial charge on any atom is -0.0134 e. The summed E-state index contributed by atoms with van der Waals surface area (Å²) in [4.78, 5) is 13.6. The Morgan fingerprint density at radius 1 is 0.368 bits per heavy atom. The first-order chi connectivity index (χ1) is 61.1. The third-order valence-corrected chi connectivity index (χ3v) is 30.6. The molecule has 0 bridgehead atoms. The molecule has 624 valence electrons. The SMILES string of the molecule is Cn1cc(-c2cn(S(=O)(=O)c3ccccc3)c3ncc(Sc4ccccc4)cc23)cn1.O=S(=O)(c1ccccc1)n1cc(I)c2cc(Sc3ccccc3)cnc21.OB(O)c1cnn(C(c2ccccc2)(c2ccccc2)c2ccccc2)c1.[Cl][Pd][Cl].c1ccc(P(c2ccccc2)c2ccccc2)cc1.c1ccc(P(c2ccccc2)c2ccccc2)cc1. The molecule has 19 rings (SSSR count). The van der Waals surface area contributed by atoms with Gasteiger partial charge in [0, 0.05) is 101 Å². The average molecular weight is 2000 g/mol. The van der Waals surface area contributed by atoms with Gasteiger partial charge in [-0.3, -0.25) is 9.36 Å². The van der Waals surface area contributed by atoms with Crippen molar-refractivity contribution in [1.82, 2.24) is 37.5 Å². The summed E-state index contributed by atoms with van der Waals surface area (Å²) in [6, 6.07) is 136. The van der Waals surface area contributed by atoms with Gasteiger partial charge in [0.25, 0.3) is 20.0 Å². The van der Waals surface area contributed by atoms with Gasteiger partial charge >= 0.3 is 42.1 Å². The van der Waals surface area contributed by atoms with Gasteiger partial charge in [0.2, 0.25) is 0 Å². The maximum atomic E-state index is 13.4. The smallest absolute Gasteiger partial charge is 0.0134 e. The predicted molar refractivity (Wildman–Crippen MR) is 522 cm³/mol. The molecule has 25 heteroatoms. The summed E-state index contributed by atoms with van der Waals surface area (Å²) in [7, 11) is 1.53. The van der Waals surface area contributed by atoms with Crippen molar-refractivity contribution in [1.29, 1.82) is 0 Å². The van der Waals surface area contributed by atoms with E-state index >= 15 is 0 Å². The average Bonchev–Trinajstić information content (AvgIpc) is 1.71. The molecule has 0 amide bonds. The van der Waals surface area contributed by atoms with Crippen molar-refractivity contribution in [2.75, 3.05) is 0 Å². The fourth-order valence-electron chi connectivity index (χ4n) is 14.0. The van der Waals surface area contributed by atoms with Crippen molar-refractivity contribution in [3.05, 3.63) is 476 Å². The van der Waals surface area contributed by atoms with E-state index in [0.717, 1.165) is 61.7 Å². The van der Waals surface area contributed by atoms with Crippen LogP contribution in [0.15, 0.2) is 485 Å². The van der Waals surface area contributed by atoms with Crippen LogP contribution in [0.2, 0.25) is 0 Å². The van der Waals surface area contributed by atoms with Crippen LogP contribution < -0.4 is 37.3 Å². The molecular weight excluding hydrogens is 1910 g/mol. The Morgan fingerprint density at radius 3 is 0.976 bits per heavy atom. The molecule has 6 heterocycles. The summed E-state index contributed by atoms with van der Waals surface area (Å²) in [5.74, 6) is 0. The third kappa shape index (κ3) is 22.5. The molecule has 2 N–H and O–H groups in total. The van der Waals surface area contributed by atoms with Crippen LogP contribution in [0.4, 0.5) is 0 Å². The molecule has 0 aliphatic carbocycles. The summed E-state index contributed by atoms with van der Waals surface area (Å²) < 4.78 is 59.5. The summed E-state index contributed by atoms with van der Waals surface area (Å²) in [6.45, 7) is 0. The largest absolute Gasteiger partial charge is 0.0622 e. The molecule has 0 aliphatic heterocycles. The minimum Gasteiger partial charge on any atom is -0.0622 e. The van der Waals surface area contributed by atoms with Crippen molar-refractivity contribution in [3.8, 4) is 11.1 Å². The normalized spacial score (nSPS) is 11.2. The second-order valence-corrected chi connectivity index (χ2v) is 41.6. The van der Waals surface area contributed by atoms with Crippen LogP contribution in [0.25, 0.3) is 33.2 Å². The van der Waals surface area contributed by atoms with Gasteiger partial charge in [-0.05, 0) is 148 Å². The molecule has 0 aliphatic rings. The summed E-state index contributed by atoms with van der Waals surface area (Å²) in [5.41, 5.74) is 5.14. The van der Waals surface area contributed by atoms with Gasteiger partial charge in [-0.25, -0.2) is 34.7 Å². The number of hydrogen-bond donors (Lipinski definition) is 2. The van der Waals surface area contributed by atoms with Crippen LogP contribution in [-0.4, -0.2) is 71.5 Å². The number of rotatable bonds is 20. The van der Waals surface area contributed by atoms with E-state index in [9.17, 15) is 26.9 Å². The minimum absolute atomic E-state index is 0.106. The van der Waals surface area contributed by atoms with Crippen molar-refractivity contribution in [2.45, 2.75) is 34.9 Å². The van der Waals surface area contributed by atoms with Crippen LogP contribution in [0.1, 0.15) is 16.7 Å². The van der Waals surface area contributed by atoms with Gasteiger partial charge in [-0.2, -0.15) is 10.2 Å². The van der Waals surface area contributed by atoms with Crippen LogP contribution in [-0.2, 0) is 48.6 Å². The first-order valence-electron chi connectivity index (χ1n) is 39.2. The standard InChI is InChI=1S/C23H18N4O2S2.C22H19BN2O2.C19H13IN2O2S2.2C18H15P.2ClH.Pd/c1-26-15-17(13-25-26)22-16-27(31(28,29)20-10-6-3-7-11-20)23-21(22)12-19(14-24-23)30-18-8-4-2-5-9-18;26-23(27)21-16-24-25(17-21)22(18-10-4-1-5-11-18,19-12-6-2-7-13-19)20-14-8-3-9-15-20;20-18-13-22(26(23,24)16-9-5-2-6-10-16)19-17(18)11-15(12-21-19)25-14-7-3-1-4-8-14;2*1-4-10-16(11-5-1)19(17-12-6-2-7-13-17)18-14-8-3-9-15-18;;;/h2-16H,1H3;1-17,26-27H;1-13H;2*1-15H;2*1H;/q;;;;;;;+2/p-2. The van der Waals surface area contributed by atoms with E-state index < -0.39 is 48.5 Å². The number of fused-ring (bicyclic) bond motifs is 2. The second-order valence-electron chi connectivity index (χ2n) is 27.7. The number of nitrogens with zero attached hydrogens (tertiary/aromatic N) is 8. The molecular formula is C100H80BCl2IN8O6P2PdS4. The Bertz CT molecular complexity index is 6430. The van der Waals surface area contributed by atoms with E-state index in [1.54, 1.807) is 126 Å². The Morgan fingerprint density at radius 2 is 0.664 bits per heavy atom. The molecule has 0 unspecified atom stereocenters. The second kappa shape index (κ2) is 44.3. The summed E-state index contributed by atoms with van der Waals surface area (Å²) in [5, 5.41) is 38.0. The van der Waals surface area contributed by atoms with Gasteiger partial charge in [-0.15, -0.1) is 0 Å². The van der Waals surface area contributed by atoms with E-state index in [4.69, 9.17) is 19.1 Å². The zero-order valence-corrected chi connectivity index (χ0v) is 77.2. The van der Waals surface area contributed by atoms with Crippen molar-refractivity contribution in [2.24, 2.45) is 7.05 Å². The van der Waals surface area contributed by atoms with Gasteiger partial charge in [0.1, 0.15) is 5.54 Å². The molecule has 0 spiro atoms. The number of aryl methyl sites for hydroxylation is 1. The van der Waals surface area contributed by atoms with Crippen LogP contribution in [0.5, 0.6) is 0 Å². The molecule has 0 saturated heterocycles. The zero-order valence-electron chi connectivity index (χ0n) is 67.0. The van der Waals surface area contributed by atoms with Crippen LogP contribution in [0.3, 0.4) is 0 Å². The Hall–Kier alpha value is -10.9. The molecule has 13 aromatic carbocycles. The van der Waals surface area contributed by atoms with E-state index in [0.29, 0.717) is 16.8 Å². The number of hydrogen-bond acceptors (Lipinski definition) is 12. The van der Waals surface area contributed by atoms with Gasteiger partial charge < -0.3 is 10.0 Å². The van der Waals surface area contributed by atoms with E-state index in [2.05, 4.69) is 261 Å². The molecule has 0 saturated carbocycles. The molecule has 125 heavy (non-hydrogen) atoms. The number of benzene rings is 13. The van der Waals surface area contributed by atoms with E-state index in [-0.39, 0.29) is 25.7 Å². The summed E-state index contributed by atoms with van der Waals surface area (Å²) >= 11 is 5.23. The quantitative estimate of drug-likeness (QED) is 0.0320.